The summed E-state index contributed by atoms with van der Waals surface area (Å²) >= 11 is 4.87. The Hall–Kier alpha value is -1.12. The number of halogens is 1. The normalized spacial score (nSPS) is 17.7. The van der Waals surface area contributed by atoms with Gasteiger partial charge in [-0.25, -0.2) is 0 Å². The van der Waals surface area contributed by atoms with Crippen molar-refractivity contribution in [2.45, 2.75) is 0 Å². The van der Waals surface area contributed by atoms with E-state index in [9.17, 15) is 4.79 Å². The standard InChI is InChI=1S/C11H15BrN4O2S/c12-9-5-8(7-19-9)11(17)16-3-1-15(2-4-16)6-10(13)14-18/h5,7,18H,1-4,6H2,(H2,13,14). The predicted molar refractivity (Wildman–Crippen MR) is 77.8 cm³/mol. The molecule has 0 aromatic carbocycles. The molecule has 1 fully saturated rings. The van der Waals surface area contributed by atoms with Crippen LogP contribution in [0.4, 0.5) is 0 Å². The van der Waals surface area contributed by atoms with Gasteiger partial charge in [0.15, 0.2) is 5.84 Å². The molecule has 1 aliphatic heterocycles. The van der Waals surface area contributed by atoms with Crippen LogP contribution < -0.4 is 5.73 Å². The highest BCUT2D eigenvalue weighted by Gasteiger charge is 2.23. The molecule has 0 radical (unpaired) electrons. The molecule has 8 heteroatoms. The van der Waals surface area contributed by atoms with Crippen molar-refractivity contribution in [1.29, 1.82) is 0 Å². The van der Waals surface area contributed by atoms with Crippen LogP contribution in [0.1, 0.15) is 10.4 Å². The molecule has 6 nitrogen and oxygen atoms in total. The lowest BCUT2D eigenvalue weighted by Gasteiger charge is -2.34. The number of nitrogens with two attached hydrogens (primary N) is 1. The quantitative estimate of drug-likeness (QED) is 0.370. The molecule has 1 aromatic heterocycles. The van der Waals surface area contributed by atoms with E-state index in [1.54, 1.807) is 0 Å². The Labute approximate surface area is 123 Å². The van der Waals surface area contributed by atoms with E-state index >= 15 is 0 Å². The summed E-state index contributed by atoms with van der Waals surface area (Å²) < 4.78 is 0.960. The average Bonchev–Trinajstić information content (AvgIpc) is 2.85. The molecule has 1 amide bonds. The van der Waals surface area contributed by atoms with Crippen LogP contribution in [0.3, 0.4) is 0 Å². The number of nitrogens with zero attached hydrogens (tertiary/aromatic N) is 3. The Bertz CT molecular complexity index is 483. The third-order valence-electron chi connectivity index (χ3n) is 2.99. The van der Waals surface area contributed by atoms with Crippen LogP contribution in [0.25, 0.3) is 0 Å². The van der Waals surface area contributed by atoms with Gasteiger partial charge in [0.1, 0.15) is 0 Å². The summed E-state index contributed by atoms with van der Waals surface area (Å²) in [7, 11) is 0. The number of oxime groups is 1. The van der Waals surface area contributed by atoms with Crippen LogP contribution in [-0.2, 0) is 0 Å². The lowest BCUT2D eigenvalue weighted by Crippen LogP contribution is -2.50. The number of hydrogen-bond acceptors (Lipinski definition) is 5. The summed E-state index contributed by atoms with van der Waals surface area (Å²) in [4.78, 5) is 16.1. The van der Waals surface area contributed by atoms with Crippen molar-refractivity contribution in [3.8, 4) is 0 Å². The number of amidine groups is 1. The molecule has 1 aromatic rings. The van der Waals surface area contributed by atoms with Crippen LogP contribution in [0.2, 0.25) is 0 Å². The van der Waals surface area contributed by atoms with E-state index in [0.717, 1.165) is 22.4 Å². The predicted octanol–water partition coefficient (Wildman–Crippen LogP) is 1.01. The van der Waals surface area contributed by atoms with Crippen molar-refractivity contribution in [2.75, 3.05) is 32.7 Å². The van der Waals surface area contributed by atoms with Gasteiger partial charge in [-0.2, -0.15) is 0 Å². The lowest BCUT2D eigenvalue weighted by atomic mass is 10.2. The summed E-state index contributed by atoms with van der Waals surface area (Å²) in [5.74, 6) is 0.256. The van der Waals surface area contributed by atoms with Gasteiger partial charge in [-0.05, 0) is 22.0 Å². The summed E-state index contributed by atoms with van der Waals surface area (Å²) in [6.07, 6.45) is 0. The van der Waals surface area contributed by atoms with Crippen molar-refractivity contribution >= 4 is 39.0 Å². The van der Waals surface area contributed by atoms with Crippen molar-refractivity contribution in [1.82, 2.24) is 9.80 Å². The Morgan fingerprint density at radius 2 is 2.16 bits per heavy atom. The number of piperazine rings is 1. The van der Waals surface area contributed by atoms with Crippen molar-refractivity contribution in [3.05, 3.63) is 20.8 Å². The fourth-order valence-electron chi connectivity index (χ4n) is 1.97. The molecule has 2 rings (SSSR count). The number of carbonyl (C=O) groups excluding carboxylic acids is 1. The van der Waals surface area contributed by atoms with Crippen molar-refractivity contribution in [2.24, 2.45) is 10.9 Å². The fraction of sp³-hybridized carbons (Fsp3) is 0.455. The fourth-order valence-corrected chi connectivity index (χ4v) is 3.11. The first-order chi connectivity index (χ1) is 9.10. The van der Waals surface area contributed by atoms with Gasteiger partial charge < -0.3 is 15.8 Å². The minimum Gasteiger partial charge on any atom is -0.409 e. The van der Waals surface area contributed by atoms with Gasteiger partial charge in [0, 0.05) is 31.6 Å². The lowest BCUT2D eigenvalue weighted by molar-refractivity contribution is 0.0653. The molecule has 0 atom stereocenters. The van der Waals surface area contributed by atoms with Crippen LogP contribution >= 0.6 is 27.3 Å². The van der Waals surface area contributed by atoms with E-state index in [4.69, 9.17) is 10.9 Å². The van der Waals surface area contributed by atoms with Gasteiger partial charge >= 0.3 is 0 Å². The largest absolute Gasteiger partial charge is 0.409 e. The maximum absolute atomic E-state index is 12.2. The molecular formula is C11H15BrN4O2S. The number of amides is 1. The Morgan fingerprint density at radius 1 is 1.47 bits per heavy atom. The van der Waals surface area contributed by atoms with Gasteiger partial charge in [-0.3, -0.25) is 9.69 Å². The molecule has 0 aliphatic carbocycles. The maximum Gasteiger partial charge on any atom is 0.254 e. The number of carbonyl (C=O) groups is 1. The summed E-state index contributed by atoms with van der Waals surface area (Å²) in [6.45, 7) is 3.21. The highest BCUT2D eigenvalue weighted by atomic mass is 79.9. The molecule has 3 N–H and O–H groups in total. The van der Waals surface area contributed by atoms with E-state index in [0.29, 0.717) is 19.6 Å². The zero-order valence-corrected chi connectivity index (χ0v) is 12.7. The number of hydrogen-bond donors (Lipinski definition) is 2. The van der Waals surface area contributed by atoms with E-state index in [-0.39, 0.29) is 11.7 Å². The first-order valence-electron chi connectivity index (χ1n) is 5.82. The molecule has 2 heterocycles. The van der Waals surface area contributed by atoms with Gasteiger partial charge in [0.05, 0.1) is 15.9 Å². The number of rotatable bonds is 3. The Kier molecular flexibility index (Phi) is 4.78. The molecule has 19 heavy (non-hydrogen) atoms. The topological polar surface area (TPSA) is 82.2 Å². The Balaban J connectivity index is 1.88. The first-order valence-corrected chi connectivity index (χ1v) is 7.49. The van der Waals surface area contributed by atoms with Gasteiger partial charge in [0.25, 0.3) is 5.91 Å². The molecular weight excluding hydrogens is 332 g/mol. The second kappa shape index (κ2) is 6.36. The zero-order valence-electron chi connectivity index (χ0n) is 10.3. The minimum atomic E-state index is 0.0606. The maximum atomic E-state index is 12.2. The molecule has 0 bridgehead atoms. The highest BCUT2D eigenvalue weighted by molar-refractivity contribution is 9.11. The molecule has 1 saturated heterocycles. The van der Waals surface area contributed by atoms with E-state index in [1.807, 2.05) is 16.3 Å². The molecule has 104 valence electrons. The Morgan fingerprint density at radius 3 is 2.68 bits per heavy atom. The highest BCUT2D eigenvalue weighted by Crippen LogP contribution is 2.22. The number of thiophene rings is 1. The average molecular weight is 347 g/mol. The molecule has 0 unspecified atom stereocenters. The second-order valence-corrected chi connectivity index (χ2v) is 6.59. The van der Waals surface area contributed by atoms with Crippen LogP contribution in [0.5, 0.6) is 0 Å². The van der Waals surface area contributed by atoms with Crippen molar-refractivity contribution in [3.63, 3.8) is 0 Å². The first kappa shape index (κ1) is 14.3. The van der Waals surface area contributed by atoms with Crippen LogP contribution in [0.15, 0.2) is 20.4 Å². The van der Waals surface area contributed by atoms with Gasteiger partial charge in [-0.1, -0.05) is 5.16 Å². The van der Waals surface area contributed by atoms with Crippen molar-refractivity contribution < 1.29 is 10.0 Å². The molecule has 0 spiro atoms. The summed E-state index contributed by atoms with van der Waals surface area (Å²) in [5.41, 5.74) is 6.19. The van der Waals surface area contributed by atoms with Crippen LogP contribution in [-0.4, -0.2) is 59.5 Å². The van der Waals surface area contributed by atoms with Crippen LogP contribution in [0, 0.1) is 0 Å². The minimum absolute atomic E-state index is 0.0606. The van der Waals surface area contributed by atoms with Gasteiger partial charge in [0.2, 0.25) is 0 Å². The third kappa shape index (κ3) is 3.68. The zero-order chi connectivity index (χ0) is 13.8. The second-order valence-electron chi connectivity index (χ2n) is 4.30. The molecule has 0 saturated carbocycles. The smallest absolute Gasteiger partial charge is 0.254 e. The monoisotopic (exact) mass is 346 g/mol. The SMILES string of the molecule is NC(CN1CCN(C(=O)c2csc(Br)c2)CC1)=NO. The van der Waals surface area contributed by atoms with E-state index < -0.39 is 0 Å². The van der Waals surface area contributed by atoms with Gasteiger partial charge in [-0.15, -0.1) is 11.3 Å². The van der Waals surface area contributed by atoms with E-state index in [2.05, 4.69) is 26.0 Å². The van der Waals surface area contributed by atoms with E-state index in [1.165, 1.54) is 11.3 Å². The third-order valence-corrected chi connectivity index (χ3v) is 4.49. The molecule has 1 aliphatic rings. The summed E-state index contributed by atoms with van der Waals surface area (Å²) in [5, 5.41) is 13.3. The summed E-state index contributed by atoms with van der Waals surface area (Å²) in [6, 6.07) is 1.84.